The zero-order valence-corrected chi connectivity index (χ0v) is 11.7. The molecular formula is C11H13BrN2O2S. The lowest BCUT2D eigenvalue weighted by Gasteiger charge is -2.28. The zero-order chi connectivity index (χ0) is 12.3. The van der Waals surface area contributed by atoms with E-state index < -0.39 is 0 Å². The molecule has 0 aliphatic carbocycles. The Kier molecular flexibility index (Phi) is 4.28. The van der Waals surface area contributed by atoms with Crippen LogP contribution in [0, 0.1) is 10.1 Å². The third-order valence-electron chi connectivity index (χ3n) is 2.74. The highest BCUT2D eigenvalue weighted by molar-refractivity contribution is 9.08. The molecule has 1 heterocycles. The molecule has 1 aliphatic rings. The lowest BCUT2D eigenvalue weighted by atomic mass is 10.1. The van der Waals surface area contributed by atoms with Gasteiger partial charge in [-0.3, -0.25) is 10.1 Å². The van der Waals surface area contributed by atoms with Gasteiger partial charge in [-0.15, -0.1) is 0 Å². The molecule has 0 atom stereocenters. The number of nitro benzene ring substituents is 1. The molecule has 0 unspecified atom stereocenters. The summed E-state index contributed by atoms with van der Waals surface area (Å²) in [5.41, 5.74) is 1.90. The average molecular weight is 317 g/mol. The average Bonchev–Trinajstić information content (AvgIpc) is 2.39. The Balaban J connectivity index is 2.34. The van der Waals surface area contributed by atoms with E-state index in [4.69, 9.17) is 0 Å². The van der Waals surface area contributed by atoms with E-state index in [0.717, 1.165) is 35.8 Å². The highest BCUT2D eigenvalue weighted by Crippen LogP contribution is 2.31. The van der Waals surface area contributed by atoms with Crippen molar-refractivity contribution >= 4 is 39.1 Å². The molecule has 0 aromatic heterocycles. The Bertz CT molecular complexity index is 422. The van der Waals surface area contributed by atoms with Crippen LogP contribution in [0.25, 0.3) is 0 Å². The number of hydrogen-bond donors (Lipinski definition) is 0. The SMILES string of the molecule is O=[N+]([O-])c1cc(CBr)ccc1N1CCSCC1. The molecule has 0 bridgehead atoms. The molecule has 17 heavy (non-hydrogen) atoms. The first kappa shape index (κ1) is 12.7. The third kappa shape index (κ3) is 2.93. The highest BCUT2D eigenvalue weighted by atomic mass is 79.9. The van der Waals surface area contributed by atoms with Crippen molar-refractivity contribution < 1.29 is 4.92 Å². The summed E-state index contributed by atoms with van der Waals surface area (Å²) in [7, 11) is 0. The lowest BCUT2D eigenvalue weighted by molar-refractivity contribution is -0.384. The van der Waals surface area contributed by atoms with Crippen LogP contribution in [0.2, 0.25) is 0 Å². The van der Waals surface area contributed by atoms with Gasteiger partial charge in [0.2, 0.25) is 0 Å². The minimum absolute atomic E-state index is 0.217. The Morgan fingerprint density at radius 3 is 2.71 bits per heavy atom. The summed E-state index contributed by atoms with van der Waals surface area (Å²) < 4.78 is 0. The second-order valence-corrected chi connectivity index (χ2v) is 5.60. The largest absolute Gasteiger partial charge is 0.364 e. The Hall–Kier alpha value is -0.750. The number of anilines is 1. The van der Waals surface area contributed by atoms with E-state index in [9.17, 15) is 10.1 Å². The van der Waals surface area contributed by atoms with Crippen LogP contribution in [0.5, 0.6) is 0 Å². The molecule has 4 nitrogen and oxygen atoms in total. The number of alkyl halides is 1. The maximum atomic E-state index is 11.1. The molecule has 6 heteroatoms. The van der Waals surface area contributed by atoms with Crippen molar-refractivity contribution in [1.29, 1.82) is 0 Å². The van der Waals surface area contributed by atoms with Gasteiger partial charge in [-0.05, 0) is 11.6 Å². The van der Waals surface area contributed by atoms with Crippen molar-refractivity contribution in [3.05, 3.63) is 33.9 Å². The van der Waals surface area contributed by atoms with E-state index in [0.29, 0.717) is 5.33 Å². The molecule has 0 saturated carbocycles. The predicted octanol–water partition coefficient (Wildman–Crippen LogP) is 3.04. The van der Waals surface area contributed by atoms with E-state index in [1.54, 1.807) is 6.07 Å². The Morgan fingerprint density at radius 2 is 2.12 bits per heavy atom. The van der Waals surface area contributed by atoms with E-state index in [2.05, 4.69) is 20.8 Å². The minimum Gasteiger partial charge on any atom is -0.364 e. The van der Waals surface area contributed by atoms with Crippen LogP contribution >= 0.6 is 27.7 Å². The van der Waals surface area contributed by atoms with Crippen LogP contribution in [0.15, 0.2) is 18.2 Å². The fraction of sp³-hybridized carbons (Fsp3) is 0.455. The van der Waals surface area contributed by atoms with Crippen LogP contribution in [0.3, 0.4) is 0 Å². The van der Waals surface area contributed by atoms with Crippen LogP contribution in [-0.4, -0.2) is 29.5 Å². The van der Waals surface area contributed by atoms with Crippen LogP contribution in [-0.2, 0) is 5.33 Å². The number of thioether (sulfide) groups is 1. The van der Waals surface area contributed by atoms with E-state index in [-0.39, 0.29) is 10.6 Å². The number of halogens is 1. The topological polar surface area (TPSA) is 46.4 Å². The van der Waals surface area contributed by atoms with Gasteiger partial charge in [0, 0.05) is 36.0 Å². The van der Waals surface area contributed by atoms with Crippen molar-refractivity contribution in [2.45, 2.75) is 5.33 Å². The van der Waals surface area contributed by atoms with Crippen LogP contribution in [0.4, 0.5) is 11.4 Å². The van der Waals surface area contributed by atoms with Crippen LogP contribution < -0.4 is 4.90 Å². The van der Waals surface area contributed by atoms with Crippen molar-refractivity contribution in [3.63, 3.8) is 0 Å². The predicted molar refractivity (Wildman–Crippen MR) is 75.3 cm³/mol. The van der Waals surface area contributed by atoms with Crippen LogP contribution in [0.1, 0.15) is 5.56 Å². The number of rotatable bonds is 3. The van der Waals surface area contributed by atoms with Gasteiger partial charge in [-0.1, -0.05) is 22.0 Å². The quantitative estimate of drug-likeness (QED) is 0.488. The minimum atomic E-state index is -0.288. The molecule has 92 valence electrons. The van der Waals surface area contributed by atoms with Crippen molar-refractivity contribution in [3.8, 4) is 0 Å². The summed E-state index contributed by atoms with van der Waals surface area (Å²) in [5.74, 6) is 2.08. The molecule has 1 fully saturated rings. The first-order valence-electron chi connectivity index (χ1n) is 5.38. The van der Waals surface area contributed by atoms with Crippen molar-refractivity contribution in [1.82, 2.24) is 0 Å². The molecule has 1 aromatic rings. The van der Waals surface area contributed by atoms with Gasteiger partial charge >= 0.3 is 0 Å². The second kappa shape index (κ2) is 5.73. The van der Waals surface area contributed by atoms with Gasteiger partial charge in [-0.25, -0.2) is 0 Å². The summed E-state index contributed by atoms with van der Waals surface area (Å²) in [6.07, 6.45) is 0. The second-order valence-electron chi connectivity index (χ2n) is 3.81. The number of nitro groups is 1. The normalized spacial score (nSPS) is 15.9. The Labute approximate surface area is 113 Å². The zero-order valence-electron chi connectivity index (χ0n) is 9.26. The standard InChI is InChI=1S/C11H13BrN2O2S/c12-8-9-1-2-10(11(7-9)14(15)16)13-3-5-17-6-4-13/h1-2,7H,3-6,8H2. The van der Waals surface area contributed by atoms with Crippen molar-refractivity contribution in [2.24, 2.45) is 0 Å². The molecule has 0 radical (unpaired) electrons. The molecule has 1 saturated heterocycles. The van der Waals surface area contributed by atoms with E-state index in [1.807, 2.05) is 23.9 Å². The fourth-order valence-electron chi connectivity index (χ4n) is 1.87. The molecule has 0 N–H and O–H groups in total. The fourth-order valence-corrected chi connectivity index (χ4v) is 3.12. The maximum Gasteiger partial charge on any atom is 0.292 e. The molecule has 0 amide bonds. The summed E-state index contributed by atoms with van der Waals surface area (Å²) in [4.78, 5) is 12.9. The monoisotopic (exact) mass is 316 g/mol. The van der Waals surface area contributed by atoms with Gasteiger partial charge < -0.3 is 4.90 Å². The summed E-state index contributed by atoms with van der Waals surface area (Å²) in [6.45, 7) is 1.78. The van der Waals surface area contributed by atoms with Gasteiger partial charge in [0.1, 0.15) is 5.69 Å². The van der Waals surface area contributed by atoms with Gasteiger partial charge in [-0.2, -0.15) is 11.8 Å². The van der Waals surface area contributed by atoms with E-state index >= 15 is 0 Å². The highest BCUT2D eigenvalue weighted by Gasteiger charge is 2.21. The van der Waals surface area contributed by atoms with Gasteiger partial charge in [0.15, 0.2) is 0 Å². The van der Waals surface area contributed by atoms with Gasteiger partial charge in [0.25, 0.3) is 5.69 Å². The molecule has 0 spiro atoms. The lowest BCUT2D eigenvalue weighted by Crippen LogP contribution is -2.32. The van der Waals surface area contributed by atoms with Gasteiger partial charge in [0.05, 0.1) is 4.92 Å². The first-order chi connectivity index (χ1) is 8.22. The number of nitrogens with zero attached hydrogens (tertiary/aromatic N) is 2. The maximum absolute atomic E-state index is 11.1. The molecular weight excluding hydrogens is 304 g/mol. The molecule has 1 aromatic carbocycles. The van der Waals surface area contributed by atoms with E-state index in [1.165, 1.54) is 0 Å². The number of hydrogen-bond acceptors (Lipinski definition) is 4. The summed E-state index contributed by atoms with van der Waals surface area (Å²) in [5, 5.41) is 11.7. The van der Waals surface area contributed by atoms with Crippen molar-refractivity contribution in [2.75, 3.05) is 29.5 Å². The summed E-state index contributed by atoms with van der Waals surface area (Å²) >= 11 is 5.22. The Morgan fingerprint density at radius 1 is 1.41 bits per heavy atom. The molecule has 1 aliphatic heterocycles. The smallest absolute Gasteiger partial charge is 0.292 e. The number of benzene rings is 1. The first-order valence-corrected chi connectivity index (χ1v) is 7.66. The molecule has 2 rings (SSSR count). The third-order valence-corrected chi connectivity index (χ3v) is 4.33. The summed E-state index contributed by atoms with van der Waals surface area (Å²) in [6, 6.07) is 5.47.